The SMILES string of the molecule is CCCCCCCOc1ccc(-c2ccccc2-c2ccc(C(C)OCCC)cc2)cc1. The smallest absolute Gasteiger partial charge is 0.119 e. The molecule has 0 bridgehead atoms. The molecule has 0 saturated carbocycles. The van der Waals surface area contributed by atoms with Gasteiger partial charge in [0.05, 0.1) is 12.7 Å². The molecular weight excluding hydrogens is 392 g/mol. The molecule has 170 valence electrons. The lowest BCUT2D eigenvalue weighted by Gasteiger charge is -2.15. The first-order valence-electron chi connectivity index (χ1n) is 12.3. The van der Waals surface area contributed by atoms with Gasteiger partial charge in [-0.05, 0) is 59.7 Å². The standard InChI is InChI=1S/C30H38O2/c1-4-6-7-8-11-23-32-28-20-18-27(19-21-28)30-13-10-9-12-29(30)26-16-14-25(15-17-26)24(3)31-22-5-2/h9-10,12-21,24H,4-8,11,22-23H2,1-3H3. The van der Waals surface area contributed by atoms with Crippen molar-refractivity contribution in [3.05, 3.63) is 78.4 Å². The zero-order chi connectivity index (χ0) is 22.6. The van der Waals surface area contributed by atoms with Crippen LogP contribution < -0.4 is 4.74 Å². The summed E-state index contributed by atoms with van der Waals surface area (Å²) in [6, 6.07) is 25.9. The maximum atomic E-state index is 5.94. The van der Waals surface area contributed by atoms with E-state index in [1.165, 1.54) is 53.5 Å². The second-order valence-electron chi connectivity index (χ2n) is 8.47. The first kappa shape index (κ1) is 24.1. The third-order valence-electron chi connectivity index (χ3n) is 5.87. The Hall–Kier alpha value is -2.58. The lowest BCUT2D eigenvalue weighted by atomic mass is 9.94. The molecular formula is C30H38O2. The van der Waals surface area contributed by atoms with E-state index in [0.717, 1.165) is 31.8 Å². The van der Waals surface area contributed by atoms with Gasteiger partial charge >= 0.3 is 0 Å². The van der Waals surface area contributed by atoms with E-state index in [1.807, 2.05) is 0 Å². The van der Waals surface area contributed by atoms with Gasteiger partial charge in [0.1, 0.15) is 5.75 Å². The quantitative estimate of drug-likeness (QED) is 0.252. The zero-order valence-electron chi connectivity index (χ0n) is 20.0. The van der Waals surface area contributed by atoms with Crippen LogP contribution >= 0.6 is 0 Å². The highest BCUT2D eigenvalue weighted by molar-refractivity contribution is 5.83. The predicted molar refractivity (Wildman–Crippen MR) is 136 cm³/mol. The minimum atomic E-state index is 0.124. The molecule has 1 atom stereocenters. The van der Waals surface area contributed by atoms with Gasteiger partial charge in [0.2, 0.25) is 0 Å². The lowest BCUT2D eigenvalue weighted by Crippen LogP contribution is -2.00. The Morgan fingerprint density at radius 2 is 1.22 bits per heavy atom. The summed E-state index contributed by atoms with van der Waals surface area (Å²) < 4.78 is 11.8. The van der Waals surface area contributed by atoms with Gasteiger partial charge in [-0.1, -0.05) is 100 Å². The normalized spacial score (nSPS) is 12.0. The van der Waals surface area contributed by atoms with Crippen LogP contribution in [0.5, 0.6) is 5.75 Å². The average molecular weight is 431 g/mol. The molecule has 0 amide bonds. The summed E-state index contributed by atoms with van der Waals surface area (Å²) in [7, 11) is 0. The summed E-state index contributed by atoms with van der Waals surface area (Å²) in [5, 5.41) is 0. The largest absolute Gasteiger partial charge is 0.494 e. The average Bonchev–Trinajstić information content (AvgIpc) is 2.85. The van der Waals surface area contributed by atoms with E-state index in [4.69, 9.17) is 9.47 Å². The van der Waals surface area contributed by atoms with Crippen molar-refractivity contribution in [1.82, 2.24) is 0 Å². The van der Waals surface area contributed by atoms with Crippen LogP contribution in [0.1, 0.15) is 71.0 Å². The van der Waals surface area contributed by atoms with Gasteiger partial charge < -0.3 is 9.47 Å². The van der Waals surface area contributed by atoms with E-state index in [9.17, 15) is 0 Å². The lowest BCUT2D eigenvalue weighted by molar-refractivity contribution is 0.0663. The van der Waals surface area contributed by atoms with Crippen LogP contribution in [0.2, 0.25) is 0 Å². The number of ether oxygens (including phenoxy) is 2. The van der Waals surface area contributed by atoms with Gasteiger partial charge in [-0.15, -0.1) is 0 Å². The molecule has 0 N–H and O–H groups in total. The minimum absolute atomic E-state index is 0.124. The highest BCUT2D eigenvalue weighted by atomic mass is 16.5. The van der Waals surface area contributed by atoms with Gasteiger partial charge in [-0.25, -0.2) is 0 Å². The molecule has 0 heterocycles. The van der Waals surface area contributed by atoms with E-state index in [2.05, 4.69) is 93.6 Å². The Bertz CT molecular complexity index is 912. The van der Waals surface area contributed by atoms with Crippen molar-refractivity contribution in [1.29, 1.82) is 0 Å². The zero-order valence-corrected chi connectivity index (χ0v) is 20.0. The number of rotatable bonds is 13. The molecule has 0 aromatic heterocycles. The van der Waals surface area contributed by atoms with E-state index in [1.54, 1.807) is 0 Å². The molecule has 0 aliphatic rings. The maximum Gasteiger partial charge on any atom is 0.119 e. The Labute approximate surface area is 194 Å². The van der Waals surface area contributed by atoms with Crippen LogP contribution in [-0.4, -0.2) is 13.2 Å². The molecule has 2 heteroatoms. The molecule has 0 aliphatic heterocycles. The van der Waals surface area contributed by atoms with Crippen molar-refractivity contribution in [2.45, 2.75) is 65.4 Å². The molecule has 0 fully saturated rings. The molecule has 0 saturated heterocycles. The number of hydrogen-bond donors (Lipinski definition) is 0. The van der Waals surface area contributed by atoms with Gasteiger partial charge in [0.25, 0.3) is 0 Å². The fraction of sp³-hybridized carbons (Fsp3) is 0.400. The van der Waals surface area contributed by atoms with Crippen molar-refractivity contribution in [2.24, 2.45) is 0 Å². The van der Waals surface area contributed by atoms with Crippen molar-refractivity contribution in [3.8, 4) is 28.0 Å². The summed E-state index contributed by atoms with van der Waals surface area (Å²) in [6.07, 6.45) is 7.45. The molecule has 2 nitrogen and oxygen atoms in total. The molecule has 3 aromatic rings. The number of hydrogen-bond acceptors (Lipinski definition) is 2. The van der Waals surface area contributed by atoms with E-state index >= 15 is 0 Å². The third-order valence-corrected chi connectivity index (χ3v) is 5.87. The van der Waals surface area contributed by atoms with Crippen LogP contribution in [0.3, 0.4) is 0 Å². The van der Waals surface area contributed by atoms with Crippen LogP contribution in [-0.2, 0) is 4.74 Å². The molecule has 32 heavy (non-hydrogen) atoms. The second-order valence-corrected chi connectivity index (χ2v) is 8.47. The van der Waals surface area contributed by atoms with Crippen molar-refractivity contribution in [2.75, 3.05) is 13.2 Å². The minimum Gasteiger partial charge on any atom is -0.494 e. The summed E-state index contributed by atoms with van der Waals surface area (Å²) >= 11 is 0. The van der Waals surface area contributed by atoms with Crippen molar-refractivity contribution >= 4 is 0 Å². The number of benzene rings is 3. The highest BCUT2D eigenvalue weighted by Gasteiger charge is 2.10. The van der Waals surface area contributed by atoms with Gasteiger partial charge in [0, 0.05) is 6.61 Å². The monoisotopic (exact) mass is 430 g/mol. The van der Waals surface area contributed by atoms with Crippen LogP contribution in [0, 0.1) is 0 Å². The molecule has 0 radical (unpaired) electrons. The van der Waals surface area contributed by atoms with Crippen molar-refractivity contribution in [3.63, 3.8) is 0 Å². The van der Waals surface area contributed by atoms with E-state index in [-0.39, 0.29) is 6.10 Å². The summed E-state index contributed by atoms with van der Waals surface area (Å²) in [6.45, 7) is 8.10. The predicted octanol–water partition coefficient (Wildman–Crippen LogP) is 8.86. The fourth-order valence-corrected chi connectivity index (χ4v) is 3.94. The summed E-state index contributed by atoms with van der Waals surface area (Å²) in [5.74, 6) is 0.951. The Morgan fingerprint density at radius 3 is 1.81 bits per heavy atom. The molecule has 1 unspecified atom stereocenters. The second kappa shape index (κ2) is 13.1. The van der Waals surface area contributed by atoms with Gasteiger partial charge in [0.15, 0.2) is 0 Å². The summed E-state index contributed by atoms with van der Waals surface area (Å²) in [5.41, 5.74) is 6.13. The van der Waals surface area contributed by atoms with Crippen molar-refractivity contribution < 1.29 is 9.47 Å². The van der Waals surface area contributed by atoms with Crippen LogP contribution in [0.4, 0.5) is 0 Å². The third kappa shape index (κ3) is 6.97. The Balaban J connectivity index is 1.67. The summed E-state index contributed by atoms with van der Waals surface area (Å²) in [4.78, 5) is 0. The first-order valence-corrected chi connectivity index (χ1v) is 12.3. The van der Waals surface area contributed by atoms with E-state index < -0.39 is 0 Å². The molecule has 3 rings (SSSR count). The Morgan fingerprint density at radius 1 is 0.625 bits per heavy atom. The number of unbranched alkanes of at least 4 members (excludes halogenated alkanes) is 4. The van der Waals surface area contributed by atoms with E-state index in [0.29, 0.717) is 0 Å². The van der Waals surface area contributed by atoms with Crippen LogP contribution in [0.15, 0.2) is 72.8 Å². The Kier molecular flexibility index (Phi) is 9.84. The molecule has 3 aromatic carbocycles. The fourth-order valence-electron chi connectivity index (χ4n) is 3.94. The molecule has 0 aliphatic carbocycles. The van der Waals surface area contributed by atoms with Gasteiger partial charge in [-0.3, -0.25) is 0 Å². The first-order chi connectivity index (χ1) is 15.7. The topological polar surface area (TPSA) is 18.5 Å². The van der Waals surface area contributed by atoms with Gasteiger partial charge in [-0.2, -0.15) is 0 Å². The highest BCUT2D eigenvalue weighted by Crippen LogP contribution is 2.33. The maximum absolute atomic E-state index is 5.94. The van der Waals surface area contributed by atoms with Crippen LogP contribution in [0.25, 0.3) is 22.3 Å². The molecule has 0 spiro atoms.